The summed E-state index contributed by atoms with van der Waals surface area (Å²) in [6.07, 6.45) is 23.8. The van der Waals surface area contributed by atoms with Crippen molar-refractivity contribution in [2.75, 3.05) is 32.0 Å². The maximum atomic E-state index is 7.40. The standard InChI is InChI=1S/C42H45Cl3N3P/c43-41(40-20-28-48(29-21-40)34-39-14-8-3-9-15-39)42(44,45)49(30-22-35-16-24-46(25-17-35)32-37-10-4-1-5-11-37)31-23-36-18-26-47(27-19-36)33-38-12-6-2-7-13-38/h1-21,24,26,28,41H,22-23,25,27,29-34H2. The molecule has 0 fully saturated rings. The van der Waals surface area contributed by atoms with Crippen molar-refractivity contribution < 1.29 is 0 Å². The van der Waals surface area contributed by atoms with E-state index in [-0.39, 0.29) is 0 Å². The van der Waals surface area contributed by atoms with E-state index in [1.807, 2.05) is 6.07 Å². The zero-order valence-corrected chi connectivity index (χ0v) is 31.1. The minimum absolute atomic E-state index is 0.494. The van der Waals surface area contributed by atoms with Crippen molar-refractivity contribution >= 4 is 42.7 Å². The summed E-state index contributed by atoms with van der Waals surface area (Å²) in [4.78, 5) is 6.97. The first-order valence-electron chi connectivity index (χ1n) is 17.2. The predicted octanol–water partition coefficient (Wildman–Crippen LogP) is 10.9. The first kappa shape index (κ1) is 35.6. The molecule has 3 heterocycles. The maximum absolute atomic E-state index is 7.40. The number of benzene rings is 3. The molecule has 7 heteroatoms. The molecule has 6 rings (SSSR count). The summed E-state index contributed by atoms with van der Waals surface area (Å²) in [5.41, 5.74) is 7.60. The Balaban J connectivity index is 1.08. The van der Waals surface area contributed by atoms with Crippen molar-refractivity contribution in [1.82, 2.24) is 14.7 Å². The normalized spacial score (nSPS) is 16.9. The van der Waals surface area contributed by atoms with Crippen molar-refractivity contribution in [3.63, 3.8) is 0 Å². The summed E-state index contributed by atoms with van der Waals surface area (Å²) < 4.78 is -1.06. The lowest BCUT2D eigenvalue weighted by molar-refractivity contribution is 0.403. The summed E-state index contributed by atoms with van der Waals surface area (Å²) >= 11 is 22.0. The van der Waals surface area contributed by atoms with Gasteiger partial charge in [0.15, 0.2) is 4.07 Å². The van der Waals surface area contributed by atoms with E-state index in [0.29, 0.717) is 0 Å². The molecule has 3 aromatic rings. The molecular weight excluding hydrogens is 684 g/mol. The van der Waals surface area contributed by atoms with Gasteiger partial charge in [-0.2, -0.15) is 0 Å². The number of alkyl halides is 3. The SMILES string of the molecule is ClC(C1=CCN(Cc2ccccc2)C=C1)C(Cl)(Cl)P(CCC1=CCN(Cc2ccccc2)C=C1)CCC1=CCN(Cc2ccccc2)C=C1. The fourth-order valence-electron chi connectivity index (χ4n) is 6.34. The Kier molecular flexibility index (Phi) is 12.8. The Labute approximate surface area is 309 Å². The van der Waals surface area contributed by atoms with E-state index in [1.165, 1.54) is 27.8 Å². The van der Waals surface area contributed by atoms with Crippen LogP contribution in [0.3, 0.4) is 0 Å². The smallest absolute Gasteiger partial charge is 0.156 e. The molecule has 3 aliphatic heterocycles. The molecule has 0 amide bonds. The van der Waals surface area contributed by atoms with Gasteiger partial charge in [0.25, 0.3) is 0 Å². The summed E-state index contributed by atoms with van der Waals surface area (Å²) in [5, 5.41) is -0.494. The number of nitrogens with zero attached hydrogens (tertiary/aromatic N) is 3. The molecule has 49 heavy (non-hydrogen) atoms. The van der Waals surface area contributed by atoms with Crippen molar-refractivity contribution in [3.05, 3.63) is 179 Å². The lowest BCUT2D eigenvalue weighted by Crippen LogP contribution is -2.30. The highest BCUT2D eigenvalue weighted by atomic mass is 35.5. The topological polar surface area (TPSA) is 9.72 Å². The summed E-state index contributed by atoms with van der Waals surface area (Å²) in [5.74, 6) is 0. The molecule has 0 aromatic heterocycles. The third kappa shape index (κ3) is 10.4. The second-order valence-electron chi connectivity index (χ2n) is 12.9. The monoisotopic (exact) mass is 727 g/mol. The van der Waals surface area contributed by atoms with Crippen molar-refractivity contribution in [2.24, 2.45) is 0 Å². The number of hydrogen-bond donors (Lipinski definition) is 0. The Morgan fingerprint density at radius 3 is 1.29 bits per heavy atom. The van der Waals surface area contributed by atoms with Crippen LogP contribution in [0.5, 0.6) is 0 Å². The van der Waals surface area contributed by atoms with Crippen LogP contribution in [0.2, 0.25) is 0 Å². The highest BCUT2D eigenvalue weighted by Crippen LogP contribution is 2.61. The molecule has 0 saturated carbocycles. The molecule has 3 aliphatic rings. The lowest BCUT2D eigenvalue weighted by atomic mass is 10.1. The average molecular weight is 729 g/mol. The van der Waals surface area contributed by atoms with E-state index in [1.54, 1.807) is 0 Å². The Bertz CT molecular complexity index is 1600. The van der Waals surface area contributed by atoms with Gasteiger partial charge in [-0.05, 0) is 89.2 Å². The van der Waals surface area contributed by atoms with Crippen LogP contribution in [0.15, 0.2) is 163 Å². The maximum Gasteiger partial charge on any atom is 0.156 e. The van der Waals surface area contributed by atoms with E-state index in [4.69, 9.17) is 34.8 Å². The van der Waals surface area contributed by atoms with Crippen LogP contribution in [0, 0.1) is 0 Å². The summed E-state index contributed by atoms with van der Waals surface area (Å²) in [6, 6.07) is 31.8. The number of halogens is 3. The molecule has 254 valence electrons. The predicted molar refractivity (Wildman–Crippen MR) is 212 cm³/mol. The van der Waals surface area contributed by atoms with Gasteiger partial charge >= 0.3 is 0 Å². The molecule has 1 atom stereocenters. The molecule has 0 spiro atoms. The molecule has 1 unspecified atom stereocenters. The fourth-order valence-corrected chi connectivity index (χ4v) is 10.5. The van der Waals surface area contributed by atoms with Crippen molar-refractivity contribution in [2.45, 2.75) is 41.9 Å². The van der Waals surface area contributed by atoms with Gasteiger partial charge in [-0.25, -0.2) is 0 Å². The van der Waals surface area contributed by atoms with Crippen LogP contribution in [0.1, 0.15) is 29.5 Å². The van der Waals surface area contributed by atoms with Crippen LogP contribution in [0.4, 0.5) is 0 Å². The lowest BCUT2D eigenvalue weighted by Gasteiger charge is -2.36. The second kappa shape index (κ2) is 17.6. The van der Waals surface area contributed by atoms with Gasteiger partial charge in [-0.3, -0.25) is 0 Å². The van der Waals surface area contributed by atoms with Crippen LogP contribution in [0.25, 0.3) is 0 Å². The minimum atomic E-state index is -1.06. The molecule has 0 aliphatic carbocycles. The highest BCUT2D eigenvalue weighted by molar-refractivity contribution is 7.63. The number of hydrogen-bond acceptors (Lipinski definition) is 3. The Hall–Kier alpha value is -3.20. The van der Waals surface area contributed by atoms with Crippen LogP contribution in [-0.2, 0) is 19.6 Å². The molecule has 3 nitrogen and oxygen atoms in total. The zero-order valence-electron chi connectivity index (χ0n) is 27.9. The second-order valence-corrected chi connectivity index (χ2v) is 17.9. The first-order valence-corrected chi connectivity index (χ1v) is 20.1. The van der Waals surface area contributed by atoms with Crippen LogP contribution < -0.4 is 0 Å². The summed E-state index contributed by atoms with van der Waals surface area (Å²) in [7, 11) is -0.836. The first-order chi connectivity index (χ1) is 23.9. The highest BCUT2D eigenvalue weighted by Gasteiger charge is 2.42. The van der Waals surface area contributed by atoms with Gasteiger partial charge in [0.2, 0.25) is 0 Å². The van der Waals surface area contributed by atoms with Gasteiger partial charge in [0.1, 0.15) is 0 Å². The van der Waals surface area contributed by atoms with Gasteiger partial charge in [0.05, 0.1) is 5.38 Å². The molecular formula is C42H45Cl3N3P. The molecule has 0 bridgehead atoms. The van der Waals surface area contributed by atoms with E-state index in [2.05, 4.69) is 155 Å². The van der Waals surface area contributed by atoms with E-state index in [9.17, 15) is 0 Å². The third-order valence-electron chi connectivity index (χ3n) is 9.26. The zero-order chi connectivity index (χ0) is 33.9. The van der Waals surface area contributed by atoms with Crippen LogP contribution >= 0.6 is 42.7 Å². The average Bonchev–Trinajstić information content (AvgIpc) is 3.14. The van der Waals surface area contributed by atoms with E-state index < -0.39 is 17.4 Å². The molecule has 0 saturated heterocycles. The fraction of sp³-hybridized carbons (Fsp3) is 0.286. The van der Waals surface area contributed by atoms with E-state index in [0.717, 1.165) is 70.0 Å². The van der Waals surface area contributed by atoms with E-state index >= 15 is 0 Å². The van der Waals surface area contributed by atoms with Gasteiger partial charge in [-0.1, -0.05) is 140 Å². The molecule has 3 aromatic carbocycles. The number of rotatable bonds is 15. The minimum Gasteiger partial charge on any atom is -0.369 e. The third-order valence-corrected chi connectivity index (χ3v) is 14.7. The van der Waals surface area contributed by atoms with Gasteiger partial charge in [0, 0.05) is 45.5 Å². The van der Waals surface area contributed by atoms with Gasteiger partial charge in [-0.15, -0.1) is 11.6 Å². The number of allylic oxidation sites excluding steroid dienone is 6. The quantitative estimate of drug-likeness (QED) is 0.114. The molecule has 0 N–H and O–H groups in total. The Morgan fingerprint density at radius 2 is 0.939 bits per heavy atom. The summed E-state index contributed by atoms with van der Waals surface area (Å²) in [6.45, 7) is 5.25. The van der Waals surface area contributed by atoms with Crippen molar-refractivity contribution in [3.8, 4) is 0 Å². The Morgan fingerprint density at radius 1 is 0.551 bits per heavy atom. The largest absolute Gasteiger partial charge is 0.369 e. The van der Waals surface area contributed by atoms with Crippen molar-refractivity contribution in [1.29, 1.82) is 0 Å². The molecule has 0 radical (unpaired) electrons. The van der Waals surface area contributed by atoms with Crippen LogP contribution in [-0.4, -0.2) is 56.1 Å². The van der Waals surface area contributed by atoms with Gasteiger partial charge < -0.3 is 14.7 Å².